The van der Waals surface area contributed by atoms with Crippen molar-refractivity contribution in [2.24, 2.45) is 0 Å². The van der Waals surface area contributed by atoms with E-state index in [4.69, 9.17) is 19.4 Å². The van der Waals surface area contributed by atoms with Gasteiger partial charge in [-0.1, -0.05) is 0 Å². The standard InChI is InChI=1S/C17H20N3O6PS/c1-11-7-14(6-5-13(11)8-18)26-17-15(9-25-27(21)22)20(10-28(2,23)24)19-16(17)12-3-4-12/h5-7,12,27H,3-4,9-10H2,1-2H3,(H,21,22). The first kappa shape index (κ1) is 20.6. The van der Waals surface area contributed by atoms with Crippen LogP contribution in [0.2, 0.25) is 0 Å². The van der Waals surface area contributed by atoms with E-state index >= 15 is 0 Å². The summed E-state index contributed by atoms with van der Waals surface area (Å²) < 4.78 is 46.8. The van der Waals surface area contributed by atoms with Gasteiger partial charge in [0.05, 0.1) is 11.6 Å². The minimum Gasteiger partial charge on any atom is -0.453 e. The van der Waals surface area contributed by atoms with E-state index in [1.807, 2.05) is 0 Å². The molecule has 0 bridgehead atoms. The maximum absolute atomic E-state index is 11.8. The third-order valence-corrected chi connectivity index (χ3v) is 5.33. The van der Waals surface area contributed by atoms with Gasteiger partial charge < -0.3 is 14.2 Å². The quantitative estimate of drug-likeness (QED) is 0.639. The van der Waals surface area contributed by atoms with Gasteiger partial charge in [0, 0.05) is 12.2 Å². The molecule has 1 aromatic heterocycles. The Morgan fingerprint density at radius 1 is 1.43 bits per heavy atom. The van der Waals surface area contributed by atoms with Crippen LogP contribution >= 0.6 is 8.25 Å². The summed E-state index contributed by atoms with van der Waals surface area (Å²) in [4.78, 5) is 9.04. The Hall–Kier alpha value is -2.18. The summed E-state index contributed by atoms with van der Waals surface area (Å²) in [5, 5.41) is 13.5. The molecule has 0 radical (unpaired) electrons. The van der Waals surface area contributed by atoms with Gasteiger partial charge in [0.1, 0.15) is 29.6 Å². The fourth-order valence-corrected chi connectivity index (χ4v) is 3.70. The van der Waals surface area contributed by atoms with Gasteiger partial charge in [0.25, 0.3) is 0 Å². The number of rotatable bonds is 8. The molecule has 1 aromatic carbocycles. The molecule has 1 aliphatic carbocycles. The number of hydrogen-bond donors (Lipinski definition) is 1. The Kier molecular flexibility index (Phi) is 5.91. The monoisotopic (exact) mass is 425 g/mol. The smallest absolute Gasteiger partial charge is 0.316 e. The van der Waals surface area contributed by atoms with Crippen molar-refractivity contribution in [3.8, 4) is 17.6 Å². The van der Waals surface area contributed by atoms with Gasteiger partial charge in [-0.2, -0.15) is 10.4 Å². The average molecular weight is 425 g/mol. The van der Waals surface area contributed by atoms with Crippen molar-refractivity contribution in [1.29, 1.82) is 5.26 Å². The van der Waals surface area contributed by atoms with Gasteiger partial charge >= 0.3 is 8.25 Å². The number of nitriles is 1. The molecule has 1 atom stereocenters. The highest BCUT2D eigenvalue weighted by molar-refractivity contribution is 7.89. The molecular formula is C17H20N3O6PS. The Morgan fingerprint density at radius 2 is 2.14 bits per heavy atom. The number of ether oxygens (including phenoxy) is 1. The highest BCUT2D eigenvalue weighted by Gasteiger charge is 2.34. The van der Waals surface area contributed by atoms with Crippen LogP contribution in [0.3, 0.4) is 0 Å². The van der Waals surface area contributed by atoms with Gasteiger partial charge in [0.15, 0.2) is 15.6 Å². The molecule has 0 amide bonds. The second kappa shape index (κ2) is 8.05. The maximum atomic E-state index is 11.8. The minimum atomic E-state index is -3.41. The topological polar surface area (TPSA) is 132 Å². The number of nitrogens with zero attached hydrogens (tertiary/aromatic N) is 3. The summed E-state index contributed by atoms with van der Waals surface area (Å²) in [6.45, 7) is 1.47. The SMILES string of the molecule is Cc1cc(Oc2c(C3CC3)nn(CS(C)(=O)=O)c2CO[PH](=O)O)ccc1C#N. The lowest BCUT2D eigenvalue weighted by molar-refractivity contribution is 0.260. The van der Waals surface area contributed by atoms with Crippen molar-refractivity contribution < 1.29 is 27.1 Å². The molecule has 0 spiro atoms. The van der Waals surface area contributed by atoms with E-state index in [-0.39, 0.29) is 18.2 Å². The highest BCUT2D eigenvalue weighted by Crippen LogP contribution is 2.46. The largest absolute Gasteiger partial charge is 0.453 e. The number of aryl methyl sites for hydroxylation is 1. The molecule has 11 heteroatoms. The Balaban J connectivity index is 2.04. The summed E-state index contributed by atoms with van der Waals surface area (Å²) in [5.74, 6) is 0.530. The van der Waals surface area contributed by atoms with Crippen molar-refractivity contribution in [3.05, 3.63) is 40.7 Å². The molecule has 3 rings (SSSR count). The number of hydrogen-bond acceptors (Lipinski definition) is 7. The Labute approximate surface area is 163 Å². The summed E-state index contributed by atoms with van der Waals surface area (Å²) in [7, 11) is -6.64. The van der Waals surface area contributed by atoms with Crippen LogP contribution in [0.25, 0.3) is 0 Å². The van der Waals surface area contributed by atoms with Crippen LogP contribution in [0.1, 0.15) is 41.3 Å². The van der Waals surface area contributed by atoms with E-state index in [9.17, 15) is 13.0 Å². The third-order valence-electron chi connectivity index (χ3n) is 4.23. The first-order valence-corrected chi connectivity index (χ1v) is 11.8. The fraction of sp³-hybridized carbons (Fsp3) is 0.412. The molecule has 0 aliphatic heterocycles. The van der Waals surface area contributed by atoms with Crippen LogP contribution in [0.5, 0.6) is 11.5 Å². The van der Waals surface area contributed by atoms with Crippen LogP contribution in [0.4, 0.5) is 0 Å². The fourth-order valence-electron chi connectivity index (χ4n) is 2.78. The van der Waals surface area contributed by atoms with Crippen molar-refractivity contribution in [2.75, 3.05) is 6.26 Å². The highest BCUT2D eigenvalue weighted by atomic mass is 32.2. The van der Waals surface area contributed by atoms with E-state index in [1.54, 1.807) is 25.1 Å². The van der Waals surface area contributed by atoms with E-state index < -0.39 is 24.0 Å². The van der Waals surface area contributed by atoms with E-state index in [0.29, 0.717) is 22.8 Å². The summed E-state index contributed by atoms with van der Waals surface area (Å²) in [5.41, 5.74) is 2.13. The van der Waals surface area contributed by atoms with Gasteiger partial charge in [0.2, 0.25) is 0 Å². The summed E-state index contributed by atoms with van der Waals surface area (Å²) in [6, 6.07) is 7.04. The zero-order chi connectivity index (χ0) is 20.5. The summed E-state index contributed by atoms with van der Waals surface area (Å²) >= 11 is 0. The van der Waals surface area contributed by atoms with E-state index in [0.717, 1.165) is 24.7 Å². The van der Waals surface area contributed by atoms with Crippen LogP contribution in [0.15, 0.2) is 18.2 Å². The average Bonchev–Trinajstić information content (AvgIpc) is 3.37. The van der Waals surface area contributed by atoms with Crippen LogP contribution < -0.4 is 4.74 Å². The van der Waals surface area contributed by atoms with Crippen molar-refractivity contribution in [2.45, 2.75) is 38.2 Å². The third kappa shape index (κ3) is 5.00. The van der Waals surface area contributed by atoms with Crippen molar-refractivity contribution in [1.82, 2.24) is 9.78 Å². The molecule has 9 nitrogen and oxygen atoms in total. The second-order valence-corrected chi connectivity index (χ2v) is 9.67. The molecule has 2 aromatic rings. The van der Waals surface area contributed by atoms with Crippen LogP contribution in [-0.4, -0.2) is 29.3 Å². The summed E-state index contributed by atoms with van der Waals surface area (Å²) in [6.07, 6.45) is 2.88. The van der Waals surface area contributed by atoms with Crippen LogP contribution in [0, 0.1) is 18.3 Å². The van der Waals surface area contributed by atoms with E-state index in [1.165, 1.54) is 4.68 Å². The number of benzene rings is 1. The van der Waals surface area contributed by atoms with Gasteiger partial charge in [-0.3, -0.25) is 4.57 Å². The molecule has 1 saturated carbocycles. The van der Waals surface area contributed by atoms with Crippen LogP contribution in [-0.2, 0) is 31.4 Å². The number of aromatic nitrogens is 2. The van der Waals surface area contributed by atoms with E-state index in [2.05, 4.69) is 11.2 Å². The predicted octanol–water partition coefficient (Wildman–Crippen LogP) is 2.63. The predicted molar refractivity (Wildman–Crippen MR) is 101 cm³/mol. The minimum absolute atomic E-state index is 0.139. The molecule has 1 N–H and O–H groups in total. The first-order chi connectivity index (χ1) is 13.2. The molecule has 1 aliphatic rings. The second-order valence-electron chi connectivity index (χ2n) is 6.73. The van der Waals surface area contributed by atoms with Gasteiger partial charge in [-0.05, 0) is 43.5 Å². The lowest BCUT2D eigenvalue weighted by Crippen LogP contribution is -2.13. The lowest BCUT2D eigenvalue weighted by atomic mass is 10.1. The molecular weight excluding hydrogens is 405 g/mol. The molecule has 1 heterocycles. The first-order valence-electron chi connectivity index (χ1n) is 8.49. The van der Waals surface area contributed by atoms with Crippen molar-refractivity contribution >= 4 is 18.1 Å². The molecule has 28 heavy (non-hydrogen) atoms. The Morgan fingerprint density at radius 3 is 2.68 bits per heavy atom. The Bertz CT molecular complexity index is 1070. The van der Waals surface area contributed by atoms with Crippen molar-refractivity contribution in [3.63, 3.8) is 0 Å². The zero-order valence-electron chi connectivity index (χ0n) is 15.4. The molecule has 0 saturated heterocycles. The van der Waals surface area contributed by atoms with Gasteiger partial charge in [-0.15, -0.1) is 0 Å². The molecule has 150 valence electrons. The molecule has 1 fully saturated rings. The molecule has 1 unspecified atom stereocenters. The number of sulfone groups is 1. The lowest BCUT2D eigenvalue weighted by Gasteiger charge is -2.11. The zero-order valence-corrected chi connectivity index (χ0v) is 17.2. The van der Waals surface area contributed by atoms with Gasteiger partial charge in [-0.25, -0.2) is 13.1 Å². The maximum Gasteiger partial charge on any atom is 0.316 e. The normalized spacial score (nSPS) is 15.2.